The molecule has 0 aromatic heterocycles. The molecule has 156 valence electrons. The second kappa shape index (κ2) is 7.88. The number of amides is 2. The number of ether oxygens (including phenoxy) is 1. The zero-order valence-corrected chi connectivity index (χ0v) is 17.3. The molecule has 2 heterocycles. The Labute approximate surface area is 177 Å². The first-order valence-electron chi connectivity index (χ1n) is 11.0. The number of nitrogens with zero attached hydrogens (tertiary/aromatic N) is 1. The number of aryl methyl sites for hydroxylation is 1. The van der Waals surface area contributed by atoms with Crippen molar-refractivity contribution in [1.82, 2.24) is 10.2 Å². The van der Waals surface area contributed by atoms with E-state index in [0.29, 0.717) is 12.1 Å². The minimum absolute atomic E-state index is 0.0254. The van der Waals surface area contributed by atoms with E-state index in [2.05, 4.69) is 30.4 Å². The van der Waals surface area contributed by atoms with Crippen molar-refractivity contribution in [1.29, 1.82) is 0 Å². The molecule has 1 saturated carbocycles. The van der Waals surface area contributed by atoms with E-state index in [1.165, 1.54) is 0 Å². The molecule has 1 N–H and O–H groups in total. The van der Waals surface area contributed by atoms with Gasteiger partial charge in [0.15, 0.2) is 0 Å². The van der Waals surface area contributed by atoms with Crippen molar-refractivity contribution in [2.75, 3.05) is 13.2 Å². The molecule has 3 atom stereocenters. The van der Waals surface area contributed by atoms with Crippen LogP contribution in [-0.4, -0.2) is 42.0 Å². The largest absolute Gasteiger partial charge is 0.376 e. The van der Waals surface area contributed by atoms with E-state index in [1.54, 1.807) is 0 Å². The number of benzene rings is 2. The van der Waals surface area contributed by atoms with E-state index in [-0.39, 0.29) is 30.0 Å². The number of hydrogen-bond donors (Lipinski definition) is 1. The lowest BCUT2D eigenvalue weighted by atomic mass is 9.78. The second-order valence-corrected chi connectivity index (χ2v) is 8.75. The van der Waals surface area contributed by atoms with E-state index in [0.717, 1.165) is 49.0 Å². The van der Waals surface area contributed by atoms with Crippen LogP contribution in [0.5, 0.6) is 0 Å². The van der Waals surface area contributed by atoms with Crippen LogP contribution in [0.3, 0.4) is 0 Å². The third kappa shape index (κ3) is 3.52. The van der Waals surface area contributed by atoms with Crippen LogP contribution in [0.1, 0.15) is 64.7 Å². The van der Waals surface area contributed by atoms with Crippen LogP contribution in [0, 0.1) is 6.92 Å². The fraction of sp³-hybridized carbons (Fsp3) is 0.440. The summed E-state index contributed by atoms with van der Waals surface area (Å²) in [5.74, 6) is -0.409. The first-order chi connectivity index (χ1) is 14.6. The molecular weight excluding hydrogens is 376 g/mol. The van der Waals surface area contributed by atoms with Gasteiger partial charge in [0.25, 0.3) is 5.91 Å². The molecule has 5 nitrogen and oxygen atoms in total. The van der Waals surface area contributed by atoms with Crippen molar-refractivity contribution in [2.24, 2.45) is 0 Å². The summed E-state index contributed by atoms with van der Waals surface area (Å²) in [6.07, 6.45) is 4.12. The molecule has 30 heavy (non-hydrogen) atoms. The number of carbonyl (C=O) groups excluding carboxylic acids is 2. The smallest absolute Gasteiger partial charge is 0.254 e. The van der Waals surface area contributed by atoms with Crippen LogP contribution >= 0.6 is 0 Å². The summed E-state index contributed by atoms with van der Waals surface area (Å²) < 4.78 is 5.69. The third-order valence-electron chi connectivity index (χ3n) is 6.51. The predicted molar refractivity (Wildman–Crippen MR) is 114 cm³/mol. The Hall–Kier alpha value is -2.66. The van der Waals surface area contributed by atoms with E-state index in [4.69, 9.17) is 4.74 Å². The summed E-state index contributed by atoms with van der Waals surface area (Å²) in [4.78, 5) is 29.0. The van der Waals surface area contributed by atoms with Crippen LogP contribution in [0.15, 0.2) is 48.5 Å². The van der Waals surface area contributed by atoms with Gasteiger partial charge in [-0.2, -0.15) is 0 Å². The van der Waals surface area contributed by atoms with Gasteiger partial charge in [-0.3, -0.25) is 9.59 Å². The van der Waals surface area contributed by atoms with Crippen molar-refractivity contribution in [3.8, 4) is 0 Å². The molecule has 0 bridgehead atoms. The highest BCUT2D eigenvalue weighted by atomic mass is 16.5. The Morgan fingerprint density at radius 1 is 1.13 bits per heavy atom. The van der Waals surface area contributed by atoms with Crippen LogP contribution < -0.4 is 5.32 Å². The molecule has 0 radical (unpaired) electrons. The van der Waals surface area contributed by atoms with Gasteiger partial charge in [0, 0.05) is 24.8 Å². The molecule has 0 spiro atoms. The lowest BCUT2D eigenvalue weighted by Gasteiger charge is -2.42. The Morgan fingerprint density at radius 3 is 2.70 bits per heavy atom. The molecule has 2 aromatic carbocycles. The monoisotopic (exact) mass is 404 g/mol. The average molecular weight is 405 g/mol. The fourth-order valence-electron chi connectivity index (χ4n) is 4.93. The predicted octanol–water partition coefficient (Wildman–Crippen LogP) is 3.73. The molecule has 0 unspecified atom stereocenters. The summed E-state index contributed by atoms with van der Waals surface area (Å²) in [5, 5.41) is 3.14. The normalized spacial score (nSPS) is 25.8. The van der Waals surface area contributed by atoms with Crippen LogP contribution in [0.25, 0.3) is 0 Å². The fourth-order valence-corrected chi connectivity index (χ4v) is 4.93. The van der Waals surface area contributed by atoms with Gasteiger partial charge in [0.1, 0.15) is 0 Å². The van der Waals surface area contributed by atoms with Crippen LogP contribution in [0.4, 0.5) is 0 Å². The SMILES string of the molecule is Cc1cccc([C@@H]2[C@H](C(=O)NC[C@@H]3CCCO3)c3ccccc3C(=O)N2C2CC2)c1. The average Bonchev–Trinajstić information content (AvgIpc) is 3.45. The maximum atomic E-state index is 13.6. The molecule has 2 amide bonds. The second-order valence-electron chi connectivity index (χ2n) is 8.75. The zero-order valence-electron chi connectivity index (χ0n) is 17.3. The van der Waals surface area contributed by atoms with Gasteiger partial charge >= 0.3 is 0 Å². The lowest BCUT2D eigenvalue weighted by Crippen LogP contribution is -2.49. The first kappa shape index (κ1) is 19.3. The Balaban J connectivity index is 1.56. The van der Waals surface area contributed by atoms with Gasteiger partial charge in [-0.1, -0.05) is 48.0 Å². The van der Waals surface area contributed by atoms with E-state index >= 15 is 0 Å². The standard InChI is InChI=1S/C25H28N2O3/c1-16-6-4-7-17(14-16)23-22(24(28)26-15-19-8-5-13-30-19)20-9-2-3-10-21(20)25(29)27(23)18-11-12-18/h2-4,6-7,9-10,14,18-19,22-23H,5,8,11-13,15H2,1H3,(H,26,28)/t19-,22+,23+/m0/s1. The van der Waals surface area contributed by atoms with E-state index < -0.39 is 5.92 Å². The zero-order chi connectivity index (χ0) is 20.7. The van der Waals surface area contributed by atoms with Crippen molar-refractivity contribution in [2.45, 2.75) is 56.7 Å². The quantitative estimate of drug-likeness (QED) is 0.826. The number of fused-ring (bicyclic) bond motifs is 1. The summed E-state index contributed by atoms with van der Waals surface area (Å²) in [6, 6.07) is 15.8. The van der Waals surface area contributed by atoms with E-state index in [9.17, 15) is 9.59 Å². The van der Waals surface area contributed by atoms with Gasteiger partial charge in [-0.05, 0) is 49.8 Å². The Bertz CT molecular complexity index is 962. The summed E-state index contributed by atoms with van der Waals surface area (Å²) in [7, 11) is 0. The van der Waals surface area contributed by atoms with Gasteiger partial charge in [0.2, 0.25) is 5.91 Å². The molecule has 5 rings (SSSR count). The highest BCUT2D eigenvalue weighted by Crippen LogP contribution is 2.47. The highest BCUT2D eigenvalue weighted by molar-refractivity contribution is 6.01. The summed E-state index contributed by atoms with van der Waals surface area (Å²) >= 11 is 0. The number of rotatable bonds is 5. The maximum absolute atomic E-state index is 13.6. The maximum Gasteiger partial charge on any atom is 0.254 e. The van der Waals surface area contributed by atoms with Crippen molar-refractivity contribution in [3.05, 3.63) is 70.8 Å². The van der Waals surface area contributed by atoms with Crippen LogP contribution in [0.2, 0.25) is 0 Å². The number of carbonyl (C=O) groups is 2. The Morgan fingerprint density at radius 2 is 1.97 bits per heavy atom. The van der Waals surface area contributed by atoms with E-state index in [1.807, 2.05) is 35.2 Å². The Kier molecular flexibility index (Phi) is 5.07. The molecule has 2 aromatic rings. The third-order valence-corrected chi connectivity index (χ3v) is 6.51. The lowest BCUT2D eigenvalue weighted by molar-refractivity contribution is -0.124. The summed E-state index contributed by atoms with van der Waals surface area (Å²) in [5.41, 5.74) is 3.65. The van der Waals surface area contributed by atoms with Gasteiger partial charge < -0.3 is 15.0 Å². The van der Waals surface area contributed by atoms with Gasteiger partial charge in [-0.25, -0.2) is 0 Å². The first-order valence-corrected chi connectivity index (χ1v) is 11.0. The number of nitrogens with one attached hydrogen (secondary N) is 1. The van der Waals surface area contributed by atoms with Crippen molar-refractivity contribution in [3.63, 3.8) is 0 Å². The van der Waals surface area contributed by atoms with Crippen LogP contribution in [-0.2, 0) is 9.53 Å². The summed E-state index contributed by atoms with van der Waals surface area (Å²) in [6.45, 7) is 3.34. The minimum Gasteiger partial charge on any atom is -0.376 e. The van der Waals surface area contributed by atoms with Gasteiger partial charge in [0.05, 0.1) is 18.1 Å². The van der Waals surface area contributed by atoms with Crippen molar-refractivity contribution >= 4 is 11.8 Å². The van der Waals surface area contributed by atoms with Gasteiger partial charge in [-0.15, -0.1) is 0 Å². The molecular formula is C25H28N2O3. The molecule has 5 heteroatoms. The molecule has 1 saturated heterocycles. The number of hydrogen-bond acceptors (Lipinski definition) is 3. The highest BCUT2D eigenvalue weighted by Gasteiger charge is 2.49. The molecule has 2 aliphatic heterocycles. The van der Waals surface area contributed by atoms with Crippen molar-refractivity contribution < 1.29 is 14.3 Å². The minimum atomic E-state index is -0.428. The molecule has 3 aliphatic rings. The topological polar surface area (TPSA) is 58.6 Å². The molecule has 1 aliphatic carbocycles. The molecule has 2 fully saturated rings.